The topological polar surface area (TPSA) is 55.4 Å². The van der Waals surface area contributed by atoms with Crippen molar-refractivity contribution in [3.8, 4) is 0 Å². The molecule has 0 aliphatic rings. The summed E-state index contributed by atoms with van der Waals surface area (Å²) in [5.74, 6) is 0. The molecule has 1 N–H and O–H groups in total. The number of ether oxygens (including phenoxy) is 1. The van der Waals surface area contributed by atoms with Crippen LogP contribution < -0.4 is 5.09 Å². The van der Waals surface area contributed by atoms with Gasteiger partial charge >= 0.3 is 6.09 Å². The van der Waals surface area contributed by atoms with Crippen molar-refractivity contribution in [3.63, 3.8) is 0 Å². The average molecular weight is 229 g/mol. The first-order chi connectivity index (χ1) is 5.58. The molecule has 0 saturated carbocycles. The van der Waals surface area contributed by atoms with E-state index in [-0.39, 0.29) is 17.6 Å². The van der Waals surface area contributed by atoms with E-state index in [0.717, 1.165) is 0 Å². The molecule has 0 aromatic heterocycles. The molecular formula is C5H12NO3PS2. The molecule has 0 bridgehead atoms. The number of nitrogens with one attached hydrogen (secondary N) is 1. The maximum Gasteiger partial charge on any atom is 0.412 e. The number of hydrogen-bond donors (Lipinski definition) is 3. The number of carbonyl (C=O) groups excluding carboxylic acids is 1. The van der Waals surface area contributed by atoms with Gasteiger partial charge in [0.1, 0.15) is 0 Å². The van der Waals surface area contributed by atoms with Crippen molar-refractivity contribution >= 4 is 38.6 Å². The summed E-state index contributed by atoms with van der Waals surface area (Å²) < 4.78 is 16.0. The van der Waals surface area contributed by atoms with Crippen LogP contribution >= 0.6 is 32.6 Å². The van der Waals surface area contributed by atoms with Crippen LogP contribution in [0.5, 0.6) is 0 Å². The van der Waals surface area contributed by atoms with Gasteiger partial charge in [-0.1, -0.05) is 0 Å². The van der Waals surface area contributed by atoms with Gasteiger partial charge in [0.15, 0.2) is 7.29 Å². The van der Waals surface area contributed by atoms with E-state index >= 15 is 0 Å². The summed E-state index contributed by atoms with van der Waals surface area (Å²) in [5.41, 5.74) is 0.185. The first-order valence-electron chi connectivity index (χ1n) is 3.33. The Morgan fingerprint density at radius 2 is 2.00 bits per heavy atom. The van der Waals surface area contributed by atoms with Gasteiger partial charge in [0.05, 0.1) is 17.6 Å². The second kappa shape index (κ2) is 5.78. The zero-order valence-corrected chi connectivity index (χ0v) is 9.37. The lowest BCUT2D eigenvalue weighted by atomic mass is 10.9. The van der Waals surface area contributed by atoms with Gasteiger partial charge < -0.3 is 4.74 Å². The summed E-state index contributed by atoms with van der Waals surface area (Å²) in [5, 5.41) is 2.24. The van der Waals surface area contributed by atoms with Crippen molar-refractivity contribution in [2.75, 3.05) is 17.6 Å². The predicted molar refractivity (Wildman–Crippen MR) is 55.5 cm³/mol. The normalized spacial score (nSPS) is 10.9. The van der Waals surface area contributed by atoms with Crippen molar-refractivity contribution in [3.05, 3.63) is 0 Å². The monoisotopic (exact) mass is 229 g/mol. The van der Waals surface area contributed by atoms with Crippen LogP contribution in [0.2, 0.25) is 0 Å². The Hall–Kier alpha value is 0.200. The van der Waals surface area contributed by atoms with Crippen molar-refractivity contribution in [2.24, 2.45) is 0 Å². The molecule has 0 aliphatic carbocycles. The van der Waals surface area contributed by atoms with E-state index < -0.39 is 13.4 Å². The molecule has 7 heteroatoms. The van der Waals surface area contributed by atoms with E-state index in [2.05, 4.69) is 35.1 Å². The molecule has 72 valence electrons. The van der Waals surface area contributed by atoms with Crippen molar-refractivity contribution in [1.29, 1.82) is 0 Å². The van der Waals surface area contributed by atoms with Crippen LogP contribution in [0.15, 0.2) is 0 Å². The molecule has 0 atom stereocenters. The third kappa shape index (κ3) is 4.28. The molecule has 0 unspecified atom stereocenters. The van der Waals surface area contributed by atoms with Gasteiger partial charge in [-0.3, -0.25) is 9.65 Å². The molecule has 0 aromatic rings. The number of amides is 1. The van der Waals surface area contributed by atoms with E-state index in [4.69, 9.17) is 0 Å². The lowest BCUT2D eigenvalue weighted by Crippen LogP contribution is -2.22. The SMILES string of the molecule is CCOC(=O)NP(=O)(CS)CS. The average Bonchev–Trinajstić information content (AvgIpc) is 2.05. The first kappa shape index (κ1) is 12.2. The zero-order chi connectivity index (χ0) is 9.61. The Balaban J connectivity index is 4.03. The smallest absolute Gasteiger partial charge is 0.412 e. The van der Waals surface area contributed by atoms with Crippen LogP contribution in [-0.4, -0.2) is 23.7 Å². The van der Waals surface area contributed by atoms with E-state index in [1.807, 2.05) is 0 Å². The van der Waals surface area contributed by atoms with Gasteiger partial charge in [-0.2, -0.15) is 25.3 Å². The van der Waals surface area contributed by atoms with Crippen LogP contribution in [-0.2, 0) is 9.30 Å². The van der Waals surface area contributed by atoms with Gasteiger partial charge in [0.2, 0.25) is 0 Å². The molecule has 0 heterocycles. The lowest BCUT2D eigenvalue weighted by Gasteiger charge is -2.13. The highest BCUT2D eigenvalue weighted by molar-refractivity contribution is 7.97. The van der Waals surface area contributed by atoms with Crippen LogP contribution in [0.25, 0.3) is 0 Å². The second-order valence-corrected chi connectivity index (χ2v) is 6.27. The highest BCUT2D eigenvalue weighted by Crippen LogP contribution is 2.42. The highest BCUT2D eigenvalue weighted by atomic mass is 32.1. The molecule has 0 spiro atoms. The molecule has 0 fully saturated rings. The predicted octanol–water partition coefficient (Wildman–Crippen LogP) is 1.79. The van der Waals surface area contributed by atoms with E-state index in [1.165, 1.54) is 0 Å². The molecule has 1 amide bonds. The molecule has 0 saturated heterocycles. The lowest BCUT2D eigenvalue weighted by molar-refractivity contribution is 0.158. The molecule has 0 aromatic carbocycles. The van der Waals surface area contributed by atoms with Crippen molar-refractivity contribution < 1.29 is 14.1 Å². The number of thiol groups is 2. The fourth-order valence-electron chi connectivity index (χ4n) is 0.445. The molecule has 0 radical (unpaired) electrons. The van der Waals surface area contributed by atoms with E-state index in [1.54, 1.807) is 6.92 Å². The Bertz CT molecular complexity index is 191. The maximum absolute atomic E-state index is 11.5. The largest absolute Gasteiger partial charge is 0.450 e. The molecule has 0 aliphatic heterocycles. The van der Waals surface area contributed by atoms with Gasteiger partial charge in [-0.25, -0.2) is 4.79 Å². The Morgan fingerprint density at radius 1 is 1.50 bits per heavy atom. The Labute approximate surface area is 82.7 Å². The summed E-state index contributed by atoms with van der Waals surface area (Å²) in [4.78, 5) is 10.8. The minimum Gasteiger partial charge on any atom is -0.450 e. The van der Waals surface area contributed by atoms with Gasteiger partial charge in [0.25, 0.3) is 0 Å². The van der Waals surface area contributed by atoms with Crippen molar-refractivity contribution in [2.45, 2.75) is 6.92 Å². The Morgan fingerprint density at radius 3 is 2.33 bits per heavy atom. The maximum atomic E-state index is 11.5. The summed E-state index contributed by atoms with van der Waals surface area (Å²) >= 11 is 7.68. The zero-order valence-electron chi connectivity index (χ0n) is 6.69. The first-order valence-corrected chi connectivity index (χ1v) is 6.67. The van der Waals surface area contributed by atoms with Gasteiger partial charge in [-0.05, 0) is 6.92 Å². The second-order valence-electron chi connectivity index (χ2n) is 2.00. The molecular weight excluding hydrogens is 217 g/mol. The van der Waals surface area contributed by atoms with Crippen LogP contribution in [0, 0.1) is 0 Å². The Kier molecular flexibility index (Phi) is 5.88. The summed E-state index contributed by atoms with van der Waals surface area (Å²) in [6.07, 6.45) is -0.677. The van der Waals surface area contributed by atoms with E-state index in [0.29, 0.717) is 0 Å². The molecule has 0 rings (SSSR count). The minimum absolute atomic E-state index is 0.0926. The minimum atomic E-state index is -2.76. The van der Waals surface area contributed by atoms with Crippen LogP contribution in [0.4, 0.5) is 4.79 Å². The molecule has 4 nitrogen and oxygen atoms in total. The quantitative estimate of drug-likeness (QED) is 0.509. The third-order valence-corrected chi connectivity index (χ3v) is 5.27. The van der Waals surface area contributed by atoms with Crippen molar-refractivity contribution in [1.82, 2.24) is 5.09 Å². The highest BCUT2D eigenvalue weighted by Gasteiger charge is 2.21. The fourth-order valence-corrected chi connectivity index (χ4v) is 2.57. The summed E-state index contributed by atoms with van der Waals surface area (Å²) in [6.45, 7) is 1.93. The summed E-state index contributed by atoms with van der Waals surface area (Å²) in [6, 6.07) is 0. The van der Waals surface area contributed by atoms with Crippen LogP contribution in [0.1, 0.15) is 6.92 Å². The van der Waals surface area contributed by atoms with Crippen LogP contribution in [0.3, 0.4) is 0 Å². The number of carbonyl (C=O) groups is 1. The third-order valence-electron chi connectivity index (χ3n) is 1.03. The van der Waals surface area contributed by atoms with Gasteiger partial charge in [0, 0.05) is 0 Å². The number of rotatable bonds is 4. The summed E-state index contributed by atoms with van der Waals surface area (Å²) in [7, 11) is -2.76. The van der Waals surface area contributed by atoms with E-state index in [9.17, 15) is 9.36 Å². The fraction of sp³-hybridized carbons (Fsp3) is 0.800. The number of hydrogen-bond acceptors (Lipinski definition) is 5. The standard InChI is InChI=1S/C5H12NO3PS2/c1-2-9-5(7)6-10(8,3-11)4-12/h11-12H,2-4H2,1H3,(H,6,7,8). The molecule has 12 heavy (non-hydrogen) atoms. The van der Waals surface area contributed by atoms with Gasteiger partial charge in [-0.15, -0.1) is 0 Å².